The highest BCUT2D eigenvalue weighted by atomic mass is 16.5. The zero-order valence-corrected chi connectivity index (χ0v) is 15.1. The molecule has 0 aliphatic heterocycles. The molecule has 6 nitrogen and oxygen atoms in total. The summed E-state index contributed by atoms with van der Waals surface area (Å²) in [5, 5.41) is 3.02. The van der Waals surface area contributed by atoms with Crippen molar-refractivity contribution in [3.8, 4) is 0 Å². The molecule has 0 spiro atoms. The van der Waals surface area contributed by atoms with Gasteiger partial charge in [-0.1, -0.05) is 18.6 Å². The lowest BCUT2D eigenvalue weighted by molar-refractivity contribution is -0.149. The van der Waals surface area contributed by atoms with E-state index < -0.39 is 5.97 Å². The fourth-order valence-corrected chi connectivity index (χ4v) is 4.78. The van der Waals surface area contributed by atoms with Gasteiger partial charge in [0.2, 0.25) is 0 Å². The number of hydrogen-bond acceptors (Lipinski definition) is 4. The van der Waals surface area contributed by atoms with Gasteiger partial charge in [0, 0.05) is 6.04 Å². The van der Waals surface area contributed by atoms with Gasteiger partial charge in [-0.25, -0.2) is 4.98 Å². The van der Waals surface area contributed by atoms with E-state index in [2.05, 4.69) is 17.2 Å². The quantitative estimate of drug-likeness (QED) is 0.808. The van der Waals surface area contributed by atoms with Crippen molar-refractivity contribution in [1.82, 2.24) is 14.9 Å². The van der Waals surface area contributed by atoms with Gasteiger partial charge in [0.15, 0.2) is 6.61 Å². The summed E-state index contributed by atoms with van der Waals surface area (Å²) in [6, 6.07) is 7.74. The average molecular weight is 355 g/mol. The molecule has 2 aliphatic carbocycles. The Balaban J connectivity index is 1.24. The number of amides is 1. The largest absolute Gasteiger partial charge is 0.454 e. The number of para-hydroxylation sites is 2. The molecule has 4 atom stereocenters. The number of nitrogens with zero attached hydrogens (tertiary/aromatic N) is 2. The second-order valence-corrected chi connectivity index (χ2v) is 7.72. The van der Waals surface area contributed by atoms with Crippen LogP contribution in [0.3, 0.4) is 0 Å². The third-order valence-corrected chi connectivity index (χ3v) is 6.01. The predicted molar refractivity (Wildman–Crippen MR) is 97.2 cm³/mol. The normalized spacial score (nSPS) is 25.3. The van der Waals surface area contributed by atoms with Gasteiger partial charge in [-0.3, -0.25) is 9.59 Å². The molecule has 2 fully saturated rings. The monoisotopic (exact) mass is 355 g/mol. The molecule has 1 heterocycles. The van der Waals surface area contributed by atoms with Crippen molar-refractivity contribution in [2.75, 3.05) is 6.61 Å². The minimum atomic E-state index is -0.434. The van der Waals surface area contributed by atoms with Gasteiger partial charge >= 0.3 is 5.97 Å². The molecule has 1 aromatic carbocycles. The number of rotatable bonds is 6. The van der Waals surface area contributed by atoms with Crippen LogP contribution in [-0.2, 0) is 20.9 Å². The molecule has 1 amide bonds. The fourth-order valence-electron chi connectivity index (χ4n) is 4.78. The first-order valence-corrected chi connectivity index (χ1v) is 9.45. The highest BCUT2D eigenvalue weighted by molar-refractivity contribution is 5.82. The minimum absolute atomic E-state index is 0.0513. The van der Waals surface area contributed by atoms with Crippen LogP contribution in [0.4, 0.5) is 0 Å². The summed E-state index contributed by atoms with van der Waals surface area (Å²) in [5.74, 6) is 1.53. The Morgan fingerprint density at radius 3 is 2.92 bits per heavy atom. The second-order valence-electron chi connectivity index (χ2n) is 7.72. The van der Waals surface area contributed by atoms with Crippen molar-refractivity contribution >= 4 is 22.9 Å². The number of ether oxygens (including phenoxy) is 1. The lowest BCUT2D eigenvalue weighted by Crippen LogP contribution is -2.42. The molecular formula is C20H25N3O3. The Hall–Kier alpha value is -2.37. The van der Waals surface area contributed by atoms with E-state index in [9.17, 15) is 9.59 Å². The topological polar surface area (TPSA) is 73.2 Å². The molecule has 2 saturated carbocycles. The Morgan fingerprint density at radius 2 is 2.15 bits per heavy atom. The van der Waals surface area contributed by atoms with Crippen LogP contribution in [0, 0.1) is 17.8 Å². The summed E-state index contributed by atoms with van der Waals surface area (Å²) in [7, 11) is 0. The molecule has 1 N–H and O–H groups in total. The maximum Gasteiger partial charge on any atom is 0.326 e. The second kappa shape index (κ2) is 7.09. The fraction of sp³-hybridized carbons (Fsp3) is 0.550. The molecular weight excluding hydrogens is 330 g/mol. The first-order chi connectivity index (χ1) is 12.6. The third-order valence-electron chi connectivity index (χ3n) is 6.01. The van der Waals surface area contributed by atoms with E-state index in [0.29, 0.717) is 5.92 Å². The highest BCUT2D eigenvalue weighted by Crippen LogP contribution is 2.49. The molecule has 138 valence electrons. The van der Waals surface area contributed by atoms with E-state index in [1.54, 1.807) is 10.9 Å². The van der Waals surface area contributed by atoms with Crippen LogP contribution >= 0.6 is 0 Å². The minimum Gasteiger partial charge on any atom is -0.454 e. The number of nitrogens with one attached hydrogen (secondary N) is 1. The van der Waals surface area contributed by atoms with E-state index in [1.165, 1.54) is 25.7 Å². The van der Waals surface area contributed by atoms with Crippen molar-refractivity contribution in [1.29, 1.82) is 0 Å². The van der Waals surface area contributed by atoms with E-state index >= 15 is 0 Å². The van der Waals surface area contributed by atoms with Crippen LogP contribution in [0.5, 0.6) is 0 Å². The van der Waals surface area contributed by atoms with Crippen molar-refractivity contribution in [2.45, 2.75) is 45.2 Å². The average Bonchev–Trinajstić information content (AvgIpc) is 3.36. The molecule has 6 heteroatoms. The summed E-state index contributed by atoms with van der Waals surface area (Å²) in [6.07, 6.45) is 6.80. The molecule has 0 unspecified atom stereocenters. The summed E-state index contributed by atoms with van der Waals surface area (Å²) in [6.45, 7) is 1.90. The van der Waals surface area contributed by atoms with Crippen molar-refractivity contribution < 1.29 is 14.3 Å². The van der Waals surface area contributed by atoms with E-state index in [0.717, 1.165) is 22.9 Å². The summed E-state index contributed by atoms with van der Waals surface area (Å²) >= 11 is 0. The van der Waals surface area contributed by atoms with Crippen LogP contribution in [0.25, 0.3) is 11.0 Å². The molecule has 2 aliphatic rings. The highest BCUT2D eigenvalue weighted by Gasteiger charge is 2.42. The number of carbonyl (C=O) groups excluding carboxylic acids is 2. The molecule has 0 radical (unpaired) electrons. The van der Waals surface area contributed by atoms with Gasteiger partial charge in [0.25, 0.3) is 5.91 Å². The van der Waals surface area contributed by atoms with Gasteiger partial charge in [0.1, 0.15) is 6.54 Å². The van der Waals surface area contributed by atoms with Gasteiger partial charge in [0.05, 0.1) is 17.4 Å². The summed E-state index contributed by atoms with van der Waals surface area (Å²) < 4.78 is 6.88. The van der Waals surface area contributed by atoms with Crippen LogP contribution < -0.4 is 5.32 Å². The number of aromatic nitrogens is 2. The van der Waals surface area contributed by atoms with E-state index in [4.69, 9.17) is 4.74 Å². The van der Waals surface area contributed by atoms with Gasteiger partial charge < -0.3 is 14.6 Å². The Morgan fingerprint density at radius 1 is 1.31 bits per heavy atom. The van der Waals surface area contributed by atoms with Gasteiger partial charge in [-0.05, 0) is 56.1 Å². The number of benzene rings is 1. The van der Waals surface area contributed by atoms with Crippen molar-refractivity contribution in [3.63, 3.8) is 0 Å². The standard InChI is InChI=1S/C20H25N3O3/c1-13(16-9-14-6-7-15(16)8-14)22-19(24)11-26-20(25)10-23-12-21-17-4-2-3-5-18(17)23/h2-5,12-16H,6-11H2,1H3,(H,22,24)/t13-,14-,15-,16-/m0/s1. The maximum atomic E-state index is 12.1. The number of carbonyl (C=O) groups is 2. The zero-order valence-electron chi connectivity index (χ0n) is 15.1. The maximum absolute atomic E-state index is 12.1. The zero-order chi connectivity index (χ0) is 18.1. The van der Waals surface area contributed by atoms with Crippen LogP contribution in [0.15, 0.2) is 30.6 Å². The number of esters is 1. The Labute approximate surface area is 152 Å². The van der Waals surface area contributed by atoms with Gasteiger partial charge in [-0.15, -0.1) is 0 Å². The predicted octanol–water partition coefficient (Wildman–Crippen LogP) is 2.52. The Kier molecular flexibility index (Phi) is 4.66. The van der Waals surface area contributed by atoms with Gasteiger partial charge in [-0.2, -0.15) is 0 Å². The number of hydrogen-bond donors (Lipinski definition) is 1. The van der Waals surface area contributed by atoms with E-state index in [-0.39, 0.29) is 25.1 Å². The number of fused-ring (bicyclic) bond motifs is 3. The lowest BCUT2D eigenvalue weighted by Gasteiger charge is -2.28. The number of imidazole rings is 1. The first kappa shape index (κ1) is 17.1. The van der Waals surface area contributed by atoms with Crippen LogP contribution in [0.1, 0.15) is 32.6 Å². The van der Waals surface area contributed by atoms with Crippen LogP contribution in [0.2, 0.25) is 0 Å². The molecule has 1 aromatic heterocycles. The third kappa shape index (κ3) is 3.45. The van der Waals surface area contributed by atoms with Crippen molar-refractivity contribution in [2.24, 2.45) is 17.8 Å². The molecule has 26 heavy (non-hydrogen) atoms. The smallest absolute Gasteiger partial charge is 0.326 e. The molecule has 0 saturated heterocycles. The molecule has 4 rings (SSSR count). The SMILES string of the molecule is C[C@H](NC(=O)COC(=O)Cn1cnc2ccccc21)[C@@H]1C[C@H]2CC[C@H]1C2. The molecule has 2 aromatic rings. The summed E-state index contributed by atoms with van der Waals surface area (Å²) in [5.41, 5.74) is 1.71. The van der Waals surface area contributed by atoms with Crippen molar-refractivity contribution in [3.05, 3.63) is 30.6 Å². The van der Waals surface area contributed by atoms with E-state index in [1.807, 2.05) is 24.3 Å². The van der Waals surface area contributed by atoms with Crippen LogP contribution in [-0.4, -0.2) is 34.1 Å². The first-order valence-electron chi connectivity index (χ1n) is 9.45. The molecule has 2 bridgehead atoms. The lowest BCUT2D eigenvalue weighted by atomic mass is 9.84. The Bertz CT molecular complexity index is 815. The summed E-state index contributed by atoms with van der Waals surface area (Å²) in [4.78, 5) is 28.4.